The Morgan fingerprint density at radius 1 is 0.949 bits per heavy atom. The van der Waals surface area contributed by atoms with Crippen LogP contribution in [0.1, 0.15) is 31.7 Å². The number of aromatic hydroxyl groups is 1. The molecule has 1 aromatic rings. The van der Waals surface area contributed by atoms with Crippen molar-refractivity contribution in [3.05, 3.63) is 29.8 Å². The molecule has 3 amide bonds. The van der Waals surface area contributed by atoms with Gasteiger partial charge in [0, 0.05) is 13.0 Å². The summed E-state index contributed by atoms with van der Waals surface area (Å²) in [6, 6.07) is 1.06. The highest BCUT2D eigenvalue weighted by Crippen LogP contribution is 2.12. The molecule has 0 aliphatic rings. The van der Waals surface area contributed by atoms with Gasteiger partial charge in [0.2, 0.25) is 17.7 Å². The summed E-state index contributed by atoms with van der Waals surface area (Å²) in [4.78, 5) is 54.5. The quantitative estimate of drug-likeness (QED) is 0.0562. The summed E-state index contributed by atoms with van der Waals surface area (Å²) in [5.41, 5.74) is 16.9. The molecule has 15 heteroatoms. The number of hydrogen-bond donors (Lipinski definition) is 9. The van der Waals surface area contributed by atoms with Crippen molar-refractivity contribution in [2.75, 3.05) is 18.6 Å². The van der Waals surface area contributed by atoms with Crippen molar-refractivity contribution in [3.8, 4) is 5.75 Å². The van der Waals surface area contributed by atoms with Gasteiger partial charge in [0.15, 0.2) is 5.96 Å². The SMILES string of the molecule is CSCCC(NC(=O)C(Cc1ccc(O)cc1)NC(=O)C(CCCN=C(N)N)NC(=O)C(N)C(C)O)C(=O)O. The maximum absolute atomic E-state index is 13.3. The topological polar surface area (TPSA) is 255 Å². The summed E-state index contributed by atoms with van der Waals surface area (Å²) in [5.74, 6) is -3.13. The number of nitrogens with two attached hydrogens (primary N) is 3. The number of nitrogens with zero attached hydrogens (tertiary/aromatic N) is 1. The molecular formula is C24H39N7O7S. The summed E-state index contributed by atoms with van der Waals surface area (Å²) in [6.45, 7) is 1.49. The number of carbonyl (C=O) groups excluding carboxylic acids is 3. The second-order valence-electron chi connectivity index (χ2n) is 8.89. The predicted molar refractivity (Wildman–Crippen MR) is 148 cm³/mol. The van der Waals surface area contributed by atoms with Gasteiger partial charge in [0.05, 0.1) is 6.10 Å². The van der Waals surface area contributed by atoms with E-state index in [4.69, 9.17) is 17.2 Å². The first-order valence-electron chi connectivity index (χ1n) is 12.3. The van der Waals surface area contributed by atoms with E-state index in [1.54, 1.807) is 18.4 Å². The lowest BCUT2D eigenvalue weighted by molar-refractivity contribution is -0.142. The maximum Gasteiger partial charge on any atom is 0.326 e. The molecule has 0 aliphatic heterocycles. The van der Waals surface area contributed by atoms with Crippen LogP contribution in [0.25, 0.3) is 0 Å². The number of aliphatic carboxylic acids is 1. The smallest absolute Gasteiger partial charge is 0.326 e. The summed E-state index contributed by atoms with van der Waals surface area (Å²) in [6.07, 6.45) is 1.11. The lowest BCUT2D eigenvalue weighted by Crippen LogP contribution is -2.58. The van der Waals surface area contributed by atoms with Gasteiger partial charge >= 0.3 is 5.97 Å². The Bertz CT molecular complexity index is 988. The first kappa shape index (κ1) is 33.5. The van der Waals surface area contributed by atoms with Gasteiger partial charge in [-0.15, -0.1) is 0 Å². The summed E-state index contributed by atoms with van der Waals surface area (Å²) >= 11 is 1.42. The van der Waals surface area contributed by atoms with Crippen LogP contribution in [0.5, 0.6) is 5.75 Å². The van der Waals surface area contributed by atoms with E-state index in [1.165, 1.54) is 30.8 Å². The molecular weight excluding hydrogens is 530 g/mol. The highest BCUT2D eigenvalue weighted by atomic mass is 32.2. The summed E-state index contributed by atoms with van der Waals surface area (Å²) in [7, 11) is 0. The fourth-order valence-electron chi connectivity index (χ4n) is 3.37. The van der Waals surface area contributed by atoms with Crippen molar-refractivity contribution < 1.29 is 34.5 Å². The van der Waals surface area contributed by atoms with E-state index in [-0.39, 0.29) is 43.9 Å². The van der Waals surface area contributed by atoms with Crippen LogP contribution in [0.3, 0.4) is 0 Å². The Labute approximate surface area is 231 Å². The number of thioether (sulfide) groups is 1. The second kappa shape index (κ2) is 17.1. The number of carboxylic acid groups (broad SMARTS) is 1. The third-order valence-electron chi connectivity index (χ3n) is 5.64. The molecule has 0 heterocycles. The number of benzene rings is 1. The van der Waals surface area contributed by atoms with Crippen LogP contribution in [0.4, 0.5) is 0 Å². The molecule has 0 radical (unpaired) electrons. The predicted octanol–water partition coefficient (Wildman–Crippen LogP) is -2.01. The van der Waals surface area contributed by atoms with Gasteiger partial charge in [-0.3, -0.25) is 19.4 Å². The van der Waals surface area contributed by atoms with Gasteiger partial charge in [-0.1, -0.05) is 12.1 Å². The Balaban J connectivity index is 3.18. The van der Waals surface area contributed by atoms with Crippen LogP contribution < -0.4 is 33.2 Å². The van der Waals surface area contributed by atoms with Gasteiger partial charge in [-0.05, 0) is 55.9 Å². The Kier molecular flexibility index (Phi) is 14.7. The van der Waals surface area contributed by atoms with Crippen LogP contribution in [-0.2, 0) is 25.6 Å². The second-order valence-corrected chi connectivity index (χ2v) is 9.87. The number of phenols is 1. The lowest BCUT2D eigenvalue weighted by Gasteiger charge is -2.25. The lowest BCUT2D eigenvalue weighted by atomic mass is 10.0. The molecule has 39 heavy (non-hydrogen) atoms. The van der Waals surface area contributed by atoms with E-state index in [9.17, 15) is 34.5 Å². The Morgan fingerprint density at radius 3 is 2.05 bits per heavy atom. The van der Waals surface area contributed by atoms with Crippen LogP contribution in [0, 0.1) is 0 Å². The number of phenolic OH excluding ortho intramolecular Hbond substituents is 1. The molecule has 0 fully saturated rings. The zero-order valence-corrected chi connectivity index (χ0v) is 22.8. The third kappa shape index (κ3) is 12.7. The number of aliphatic imine (C=N–C) groups is 1. The number of aliphatic hydroxyl groups excluding tert-OH is 1. The number of aliphatic hydroxyl groups is 1. The molecule has 12 N–H and O–H groups in total. The molecule has 0 saturated heterocycles. The van der Waals surface area contributed by atoms with Gasteiger partial charge in [-0.25, -0.2) is 4.79 Å². The average Bonchev–Trinajstić information content (AvgIpc) is 2.87. The number of carbonyl (C=O) groups is 4. The zero-order valence-electron chi connectivity index (χ0n) is 22.0. The van der Waals surface area contributed by atoms with E-state index in [2.05, 4.69) is 20.9 Å². The first-order chi connectivity index (χ1) is 18.3. The minimum atomic E-state index is -1.30. The molecule has 5 atom stereocenters. The van der Waals surface area contributed by atoms with Crippen LogP contribution in [0.2, 0.25) is 0 Å². The molecule has 0 spiro atoms. The highest BCUT2D eigenvalue weighted by Gasteiger charge is 2.31. The van der Waals surface area contributed by atoms with Crippen molar-refractivity contribution in [2.24, 2.45) is 22.2 Å². The van der Waals surface area contributed by atoms with E-state index in [1.807, 2.05) is 0 Å². The molecule has 1 aromatic carbocycles. The van der Waals surface area contributed by atoms with Crippen molar-refractivity contribution in [1.82, 2.24) is 16.0 Å². The normalized spacial score (nSPS) is 14.7. The van der Waals surface area contributed by atoms with Gasteiger partial charge in [0.1, 0.15) is 29.9 Å². The van der Waals surface area contributed by atoms with Gasteiger partial charge in [0.25, 0.3) is 0 Å². The minimum absolute atomic E-state index is 0.00444. The molecule has 0 aliphatic carbocycles. The standard InChI is InChI=1S/C24H39N7O7S/c1-13(32)19(25)22(36)29-16(4-3-10-28-24(26)27)20(34)31-18(12-14-5-7-15(33)8-6-14)21(35)30-17(23(37)38)9-11-39-2/h5-8,13,16-19,32-33H,3-4,9-12,25H2,1-2H3,(H,29,36)(H,30,35)(H,31,34)(H,37,38)(H4,26,27,28). The van der Waals surface area contributed by atoms with E-state index in [0.29, 0.717) is 11.3 Å². The van der Waals surface area contributed by atoms with E-state index in [0.717, 1.165) is 0 Å². The molecule has 0 bridgehead atoms. The first-order valence-corrected chi connectivity index (χ1v) is 13.6. The average molecular weight is 570 g/mol. The molecule has 5 unspecified atom stereocenters. The molecule has 14 nitrogen and oxygen atoms in total. The summed E-state index contributed by atoms with van der Waals surface area (Å²) in [5, 5.41) is 36.3. The van der Waals surface area contributed by atoms with Crippen LogP contribution in [0.15, 0.2) is 29.3 Å². The maximum atomic E-state index is 13.3. The number of rotatable bonds is 17. The van der Waals surface area contributed by atoms with Crippen LogP contribution in [-0.4, -0.2) is 93.8 Å². The number of guanidine groups is 1. The largest absolute Gasteiger partial charge is 0.508 e. The van der Waals surface area contributed by atoms with Gasteiger partial charge < -0.3 is 48.5 Å². The van der Waals surface area contributed by atoms with E-state index >= 15 is 0 Å². The third-order valence-corrected chi connectivity index (χ3v) is 6.28. The van der Waals surface area contributed by atoms with E-state index < -0.39 is 54.0 Å². The molecule has 1 rings (SSSR count). The Hall–Kier alpha value is -3.56. The molecule has 218 valence electrons. The molecule has 0 saturated carbocycles. The van der Waals surface area contributed by atoms with Crippen molar-refractivity contribution in [1.29, 1.82) is 0 Å². The highest BCUT2D eigenvalue weighted by molar-refractivity contribution is 7.98. The summed E-state index contributed by atoms with van der Waals surface area (Å²) < 4.78 is 0. The van der Waals surface area contributed by atoms with Crippen LogP contribution >= 0.6 is 11.8 Å². The Morgan fingerprint density at radius 2 is 1.51 bits per heavy atom. The fourth-order valence-corrected chi connectivity index (χ4v) is 3.85. The monoisotopic (exact) mass is 569 g/mol. The number of carboxylic acids is 1. The van der Waals surface area contributed by atoms with Crippen molar-refractivity contribution >= 4 is 41.4 Å². The number of nitrogens with one attached hydrogen (secondary N) is 3. The minimum Gasteiger partial charge on any atom is -0.508 e. The van der Waals surface area contributed by atoms with Crippen molar-refractivity contribution in [3.63, 3.8) is 0 Å². The van der Waals surface area contributed by atoms with Gasteiger partial charge in [-0.2, -0.15) is 11.8 Å². The number of amides is 3. The fraction of sp³-hybridized carbons (Fsp3) is 0.542. The number of hydrogen-bond acceptors (Lipinski definition) is 9. The zero-order chi connectivity index (χ0) is 29.5. The van der Waals surface area contributed by atoms with Crippen molar-refractivity contribution in [2.45, 2.75) is 62.9 Å². The molecule has 0 aromatic heterocycles.